The van der Waals surface area contributed by atoms with Crippen molar-refractivity contribution in [1.29, 1.82) is 0 Å². The molecule has 0 fully saturated rings. The third-order valence-corrected chi connectivity index (χ3v) is 0.595. The smallest absolute Gasteiger partial charge is 0.0860 e. The van der Waals surface area contributed by atoms with E-state index in [0.29, 0.717) is 6.61 Å². The van der Waals surface area contributed by atoms with Crippen molar-refractivity contribution in [3.05, 3.63) is 12.2 Å². The van der Waals surface area contributed by atoms with Crippen LogP contribution < -0.4 is 5.90 Å². The van der Waals surface area contributed by atoms with Gasteiger partial charge in [-0.15, -0.1) is 0 Å². The van der Waals surface area contributed by atoms with Crippen LogP contribution in [0.3, 0.4) is 0 Å². The van der Waals surface area contributed by atoms with E-state index in [1.165, 1.54) is 0 Å². The van der Waals surface area contributed by atoms with Crippen molar-refractivity contribution in [1.82, 2.24) is 0 Å². The summed E-state index contributed by atoms with van der Waals surface area (Å²) in [7, 11) is 0. The molecule has 0 aromatic rings. The van der Waals surface area contributed by atoms with Crippen LogP contribution in [0.25, 0.3) is 0 Å². The molecular weight excluding hydrogens is 90.1 g/mol. The minimum absolute atomic E-state index is 0.522. The maximum Gasteiger partial charge on any atom is 0.0860 e. The first kappa shape index (κ1) is 6.66. The van der Waals surface area contributed by atoms with Crippen molar-refractivity contribution >= 4 is 0 Å². The average molecular weight is 101 g/mol. The highest BCUT2D eigenvalue weighted by atomic mass is 16.6. The third kappa shape index (κ3) is 5.66. The van der Waals surface area contributed by atoms with Crippen LogP contribution in [0.4, 0.5) is 0 Å². The molecule has 2 nitrogen and oxygen atoms in total. The molecule has 0 spiro atoms. The normalized spacial score (nSPS) is 10.6. The summed E-state index contributed by atoms with van der Waals surface area (Å²) in [6.45, 7) is 2.58. The molecule has 2 heteroatoms. The van der Waals surface area contributed by atoms with Gasteiger partial charge in [-0.1, -0.05) is 19.1 Å². The molecule has 0 aliphatic carbocycles. The van der Waals surface area contributed by atoms with Crippen molar-refractivity contribution in [3.63, 3.8) is 0 Å². The largest absolute Gasteiger partial charge is 0.300 e. The van der Waals surface area contributed by atoms with Crippen molar-refractivity contribution in [2.45, 2.75) is 13.3 Å². The Balaban J connectivity index is 2.78. The van der Waals surface area contributed by atoms with Gasteiger partial charge < -0.3 is 4.84 Å². The molecule has 7 heavy (non-hydrogen) atoms. The summed E-state index contributed by atoms with van der Waals surface area (Å²) in [4.78, 5) is 4.26. The highest BCUT2D eigenvalue weighted by Gasteiger charge is 1.67. The van der Waals surface area contributed by atoms with Gasteiger partial charge in [-0.05, 0) is 6.42 Å². The first-order chi connectivity index (χ1) is 3.41. The minimum Gasteiger partial charge on any atom is -0.300 e. The van der Waals surface area contributed by atoms with Gasteiger partial charge in [0.05, 0.1) is 6.61 Å². The Hall–Kier alpha value is -0.340. The van der Waals surface area contributed by atoms with Crippen LogP contribution in [0.15, 0.2) is 12.2 Å². The lowest BCUT2D eigenvalue weighted by atomic mass is 10.4. The molecule has 0 amide bonds. The van der Waals surface area contributed by atoms with E-state index in [9.17, 15) is 0 Å². The van der Waals surface area contributed by atoms with Crippen molar-refractivity contribution in [2.75, 3.05) is 6.61 Å². The lowest BCUT2D eigenvalue weighted by molar-refractivity contribution is 0.168. The first-order valence-corrected chi connectivity index (χ1v) is 2.38. The summed E-state index contributed by atoms with van der Waals surface area (Å²) in [5, 5.41) is 0. The SMILES string of the molecule is CCC=CCON. The lowest BCUT2D eigenvalue weighted by Crippen LogP contribution is -1.96. The molecule has 0 unspecified atom stereocenters. The Morgan fingerprint density at radius 3 is 2.71 bits per heavy atom. The molecule has 0 aliphatic heterocycles. The number of hydrogen-bond acceptors (Lipinski definition) is 2. The van der Waals surface area contributed by atoms with Crippen LogP contribution in [-0.2, 0) is 4.84 Å². The molecule has 0 atom stereocenters. The molecule has 0 aromatic heterocycles. The highest BCUT2D eigenvalue weighted by Crippen LogP contribution is 1.76. The Kier molecular flexibility index (Phi) is 5.39. The molecule has 0 radical (unpaired) electrons. The van der Waals surface area contributed by atoms with Gasteiger partial charge in [0.25, 0.3) is 0 Å². The Morgan fingerprint density at radius 2 is 2.29 bits per heavy atom. The minimum atomic E-state index is 0.522. The Morgan fingerprint density at radius 1 is 1.57 bits per heavy atom. The zero-order valence-corrected chi connectivity index (χ0v) is 4.55. The fourth-order valence-corrected chi connectivity index (χ4v) is 0.290. The van der Waals surface area contributed by atoms with Crippen LogP contribution >= 0.6 is 0 Å². The molecule has 0 heterocycles. The van der Waals surface area contributed by atoms with Gasteiger partial charge in [0.15, 0.2) is 0 Å². The standard InChI is InChI=1S/C5H11NO/c1-2-3-4-5-7-6/h3-4H,2,5-6H2,1H3. The maximum absolute atomic E-state index is 4.72. The highest BCUT2D eigenvalue weighted by molar-refractivity contribution is 4.78. The fourth-order valence-electron chi connectivity index (χ4n) is 0.290. The number of allylic oxidation sites excluding steroid dienone is 1. The predicted octanol–water partition coefficient (Wildman–Crippen LogP) is 0.843. The van der Waals surface area contributed by atoms with Crippen molar-refractivity contribution < 1.29 is 4.84 Å². The van der Waals surface area contributed by atoms with E-state index < -0.39 is 0 Å². The zero-order valence-electron chi connectivity index (χ0n) is 4.55. The van der Waals surface area contributed by atoms with Gasteiger partial charge in [-0.2, -0.15) is 0 Å². The third-order valence-electron chi connectivity index (χ3n) is 0.595. The number of rotatable bonds is 3. The van der Waals surface area contributed by atoms with Gasteiger partial charge in [0, 0.05) is 0 Å². The second-order valence-corrected chi connectivity index (χ2v) is 1.21. The quantitative estimate of drug-likeness (QED) is 0.422. The summed E-state index contributed by atoms with van der Waals surface area (Å²) in [6, 6.07) is 0. The van der Waals surface area contributed by atoms with Crippen molar-refractivity contribution in [3.8, 4) is 0 Å². The topological polar surface area (TPSA) is 35.2 Å². The molecule has 0 rings (SSSR count). The molecule has 0 bridgehead atoms. The van der Waals surface area contributed by atoms with E-state index in [0.717, 1.165) is 6.42 Å². The molecule has 0 saturated heterocycles. The second-order valence-electron chi connectivity index (χ2n) is 1.21. The molecule has 0 aliphatic rings. The van der Waals surface area contributed by atoms with Crippen LogP contribution in [-0.4, -0.2) is 6.61 Å². The fraction of sp³-hybridized carbons (Fsp3) is 0.600. The molecule has 2 N–H and O–H groups in total. The average Bonchev–Trinajstić information content (AvgIpc) is 1.69. The summed E-state index contributed by atoms with van der Waals surface area (Å²) < 4.78 is 0. The Bertz CT molecular complexity index is 52.0. The van der Waals surface area contributed by atoms with E-state index >= 15 is 0 Å². The van der Waals surface area contributed by atoms with E-state index in [2.05, 4.69) is 11.8 Å². The van der Waals surface area contributed by atoms with Gasteiger partial charge >= 0.3 is 0 Å². The van der Waals surface area contributed by atoms with Gasteiger partial charge in [0.1, 0.15) is 0 Å². The molecule has 0 saturated carbocycles. The van der Waals surface area contributed by atoms with Crippen molar-refractivity contribution in [2.24, 2.45) is 5.90 Å². The van der Waals surface area contributed by atoms with Crippen LogP contribution in [0.1, 0.15) is 13.3 Å². The monoisotopic (exact) mass is 101 g/mol. The number of nitrogens with two attached hydrogens (primary N) is 1. The first-order valence-electron chi connectivity index (χ1n) is 2.38. The van der Waals surface area contributed by atoms with Crippen LogP contribution in [0, 0.1) is 0 Å². The zero-order chi connectivity index (χ0) is 5.54. The van der Waals surface area contributed by atoms with E-state index in [4.69, 9.17) is 5.90 Å². The van der Waals surface area contributed by atoms with Gasteiger partial charge in [-0.25, -0.2) is 5.90 Å². The second kappa shape index (κ2) is 5.66. The van der Waals surface area contributed by atoms with E-state index in [-0.39, 0.29) is 0 Å². The lowest BCUT2D eigenvalue weighted by Gasteiger charge is -1.83. The maximum atomic E-state index is 4.72. The summed E-state index contributed by atoms with van der Waals surface area (Å²) >= 11 is 0. The molecular formula is C5H11NO. The van der Waals surface area contributed by atoms with E-state index in [1.54, 1.807) is 0 Å². The van der Waals surface area contributed by atoms with Gasteiger partial charge in [-0.3, -0.25) is 0 Å². The van der Waals surface area contributed by atoms with E-state index in [1.807, 2.05) is 12.2 Å². The summed E-state index contributed by atoms with van der Waals surface area (Å²) in [5.74, 6) is 4.72. The van der Waals surface area contributed by atoms with Crippen LogP contribution in [0.5, 0.6) is 0 Å². The van der Waals surface area contributed by atoms with Gasteiger partial charge in [0.2, 0.25) is 0 Å². The summed E-state index contributed by atoms with van der Waals surface area (Å²) in [5.41, 5.74) is 0. The molecule has 42 valence electrons. The molecule has 0 aromatic carbocycles. The predicted molar refractivity (Wildman–Crippen MR) is 29.6 cm³/mol. The summed E-state index contributed by atoms with van der Waals surface area (Å²) in [6.07, 6.45) is 4.94. The Labute approximate surface area is 43.9 Å². The number of hydrogen-bond donors (Lipinski definition) is 1. The van der Waals surface area contributed by atoms with Crippen LogP contribution in [0.2, 0.25) is 0 Å².